The van der Waals surface area contributed by atoms with Gasteiger partial charge in [-0.2, -0.15) is 0 Å². The highest BCUT2D eigenvalue weighted by atomic mass is 16.6. The summed E-state index contributed by atoms with van der Waals surface area (Å²) in [7, 11) is 0. The van der Waals surface area contributed by atoms with E-state index in [4.69, 9.17) is 5.73 Å². The van der Waals surface area contributed by atoms with E-state index in [9.17, 15) is 14.9 Å². The molecule has 3 rings (SSSR count). The summed E-state index contributed by atoms with van der Waals surface area (Å²) in [6, 6.07) is 5.04. The summed E-state index contributed by atoms with van der Waals surface area (Å²) in [5.74, 6) is 0.0346. The molecule has 0 aromatic heterocycles. The smallest absolute Gasteiger partial charge is 0.274 e. The largest absolute Gasteiger partial charge is 0.328 e. The lowest BCUT2D eigenvalue weighted by molar-refractivity contribution is -0.385. The number of nitrogens with two attached hydrogens (primary N) is 1. The molecule has 2 unspecified atom stereocenters. The first kappa shape index (κ1) is 13.1. The molecule has 1 heterocycles. The summed E-state index contributed by atoms with van der Waals surface area (Å²) in [6.45, 7) is 0.532. The number of hydrogen-bond donors (Lipinski definition) is 1. The highest BCUT2D eigenvalue weighted by Crippen LogP contribution is 2.37. The third kappa shape index (κ3) is 2.06. The fourth-order valence-corrected chi connectivity index (χ4v) is 3.28. The van der Waals surface area contributed by atoms with E-state index >= 15 is 0 Å². The van der Waals surface area contributed by atoms with Crippen molar-refractivity contribution in [1.29, 1.82) is 0 Å². The Labute approximate surface area is 116 Å². The van der Waals surface area contributed by atoms with E-state index in [1.54, 1.807) is 17.0 Å². The van der Waals surface area contributed by atoms with E-state index in [1.165, 1.54) is 6.07 Å². The van der Waals surface area contributed by atoms with Crippen LogP contribution in [0.2, 0.25) is 0 Å². The van der Waals surface area contributed by atoms with Gasteiger partial charge in [-0.3, -0.25) is 14.9 Å². The maximum absolute atomic E-state index is 12.5. The number of nitrogens with zero attached hydrogens (tertiary/aromatic N) is 2. The standard InChI is InChI=1S/C14H17N3O3/c15-10-5-4-9(8-10)14(18)16-7-6-11-12(16)2-1-3-13(11)17(19)20/h1-3,9-10H,4-8,15H2. The second-order valence-corrected chi connectivity index (χ2v) is 5.54. The van der Waals surface area contributed by atoms with Gasteiger partial charge in [-0.1, -0.05) is 6.07 Å². The van der Waals surface area contributed by atoms with Crippen LogP contribution in [-0.2, 0) is 11.2 Å². The minimum Gasteiger partial charge on any atom is -0.328 e. The molecule has 0 bridgehead atoms. The fraction of sp³-hybridized carbons (Fsp3) is 0.500. The normalized spacial score (nSPS) is 24.8. The summed E-state index contributed by atoms with van der Waals surface area (Å²) in [4.78, 5) is 24.9. The first-order chi connectivity index (χ1) is 9.58. The van der Waals surface area contributed by atoms with Crippen molar-refractivity contribution in [3.8, 4) is 0 Å². The number of benzene rings is 1. The van der Waals surface area contributed by atoms with E-state index in [2.05, 4.69) is 0 Å². The Balaban J connectivity index is 1.88. The molecular weight excluding hydrogens is 258 g/mol. The zero-order valence-corrected chi connectivity index (χ0v) is 11.1. The first-order valence-electron chi connectivity index (χ1n) is 6.91. The molecule has 6 heteroatoms. The molecule has 106 valence electrons. The first-order valence-corrected chi connectivity index (χ1v) is 6.91. The highest BCUT2D eigenvalue weighted by Gasteiger charge is 2.36. The second kappa shape index (κ2) is 4.86. The summed E-state index contributed by atoms with van der Waals surface area (Å²) in [5, 5.41) is 11.0. The molecule has 2 aliphatic rings. The van der Waals surface area contributed by atoms with Crippen molar-refractivity contribution in [3.63, 3.8) is 0 Å². The number of fused-ring (bicyclic) bond motifs is 1. The Morgan fingerprint density at radius 1 is 1.40 bits per heavy atom. The van der Waals surface area contributed by atoms with Crippen LogP contribution in [0.15, 0.2) is 18.2 Å². The van der Waals surface area contributed by atoms with Gasteiger partial charge in [0.15, 0.2) is 0 Å². The molecule has 0 spiro atoms. The molecule has 1 fully saturated rings. The second-order valence-electron chi connectivity index (χ2n) is 5.54. The zero-order chi connectivity index (χ0) is 14.3. The predicted octanol–water partition coefficient (Wildman–Crippen LogP) is 1.61. The van der Waals surface area contributed by atoms with Crippen LogP contribution in [0.4, 0.5) is 11.4 Å². The lowest BCUT2D eigenvalue weighted by Crippen LogP contribution is -2.34. The molecule has 2 N–H and O–H groups in total. The van der Waals surface area contributed by atoms with E-state index in [0.29, 0.717) is 24.2 Å². The highest BCUT2D eigenvalue weighted by molar-refractivity contribution is 5.97. The van der Waals surface area contributed by atoms with Crippen molar-refractivity contribution in [3.05, 3.63) is 33.9 Å². The number of rotatable bonds is 2. The van der Waals surface area contributed by atoms with Gasteiger partial charge in [-0.05, 0) is 31.7 Å². The van der Waals surface area contributed by atoms with Gasteiger partial charge >= 0.3 is 0 Å². The van der Waals surface area contributed by atoms with E-state index < -0.39 is 0 Å². The van der Waals surface area contributed by atoms with Gasteiger partial charge in [0, 0.05) is 24.6 Å². The van der Waals surface area contributed by atoms with Crippen LogP contribution < -0.4 is 10.6 Å². The molecule has 0 saturated heterocycles. The Hall–Kier alpha value is -1.95. The third-order valence-corrected chi connectivity index (χ3v) is 4.29. The van der Waals surface area contributed by atoms with Crippen molar-refractivity contribution in [2.45, 2.75) is 31.7 Å². The lowest BCUT2D eigenvalue weighted by Gasteiger charge is -2.21. The van der Waals surface area contributed by atoms with E-state index in [0.717, 1.165) is 19.3 Å². The number of carbonyl (C=O) groups is 1. The molecule has 1 aromatic rings. The van der Waals surface area contributed by atoms with Crippen LogP contribution in [0.1, 0.15) is 24.8 Å². The average molecular weight is 275 g/mol. The number of nitro benzene ring substituents is 1. The quantitative estimate of drug-likeness (QED) is 0.656. The van der Waals surface area contributed by atoms with Crippen molar-refractivity contribution >= 4 is 17.3 Å². The van der Waals surface area contributed by atoms with Gasteiger partial charge in [0.05, 0.1) is 16.2 Å². The van der Waals surface area contributed by atoms with Gasteiger partial charge in [-0.15, -0.1) is 0 Å². The summed E-state index contributed by atoms with van der Waals surface area (Å²) >= 11 is 0. The summed E-state index contributed by atoms with van der Waals surface area (Å²) < 4.78 is 0. The number of hydrogen-bond acceptors (Lipinski definition) is 4. The molecule has 1 aliphatic carbocycles. The maximum Gasteiger partial charge on any atom is 0.274 e. The van der Waals surface area contributed by atoms with Gasteiger partial charge in [-0.25, -0.2) is 0 Å². The Kier molecular flexibility index (Phi) is 3.17. The van der Waals surface area contributed by atoms with E-state index in [-0.39, 0.29) is 28.5 Å². The van der Waals surface area contributed by atoms with Gasteiger partial charge in [0.1, 0.15) is 0 Å². The molecule has 0 radical (unpaired) electrons. The molecule has 1 saturated carbocycles. The van der Waals surface area contributed by atoms with Crippen LogP contribution in [-0.4, -0.2) is 23.4 Å². The van der Waals surface area contributed by atoms with Crippen molar-refractivity contribution in [2.24, 2.45) is 11.7 Å². The fourth-order valence-electron chi connectivity index (χ4n) is 3.28. The van der Waals surface area contributed by atoms with Crippen molar-refractivity contribution < 1.29 is 9.72 Å². The average Bonchev–Trinajstić information content (AvgIpc) is 3.03. The molecule has 1 aliphatic heterocycles. The van der Waals surface area contributed by atoms with Crippen molar-refractivity contribution in [1.82, 2.24) is 0 Å². The third-order valence-electron chi connectivity index (χ3n) is 4.29. The van der Waals surface area contributed by atoms with E-state index in [1.807, 2.05) is 0 Å². The Morgan fingerprint density at radius 3 is 2.85 bits per heavy atom. The number of anilines is 1. The Morgan fingerprint density at radius 2 is 2.20 bits per heavy atom. The number of nitro groups is 1. The van der Waals surface area contributed by atoms with Crippen LogP contribution >= 0.6 is 0 Å². The van der Waals surface area contributed by atoms with Crippen LogP contribution in [0.3, 0.4) is 0 Å². The van der Waals surface area contributed by atoms with Crippen molar-refractivity contribution in [2.75, 3.05) is 11.4 Å². The SMILES string of the molecule is NC1CCC(C(=O)N2CCc3c2cccc3[N+](=O)[O-])C1. The summed E-state index contributed by atoms with van der Waals surface area (Å²) in [5.41, 5.74) is 7.34. The monoisotopic (exact) mass is 275 g/mol. The van der Waals surface area contributed by atoms with Crippen LogP contribution in [0.5, 0.6) is 0 Å². The zero-order valence-electron chi connectivity index (χ0n) is 11.1. The van der Waals surface area contributed by atoms with Crippen LogP contribution in [0.25, 0.3) is 0 Å². The lowest BCUT2D eigenvalue weighted by atomic mass is 10.1. The maximum atomic E-state index is 12.5. The molecule has 20 heavy (non-hydrogen) atoms. The number of carbonyl (C=O) groups excluding carboxylic acids is 1. The van der Waals surface area contributed by atoms with Gasteiger partial charge < -0.3 is 10.6 Å². The molecule has 2 atom stereocenters. The van der Waals surface area contributed by atoms with Gasteiger partial charge in [0.2, 0.25) is 5.91 Å². The molecule has 1 amide bonds. The van der Waals surface area contributed by atoms with Crippen LogP contribution in [0, 0.1) is 16.0 Å². The Bertz CT molecular complexity index is 573. The molecular formula is C14H17N3O3. The number of amides is 1. The topological polar surface area (TPSA) is 89.5 Å². The summed E-state index contributed by atoms with van der Waals surface area (Å²) in [6.07, 6.45) is 2.98. The predicted molar refractivity (Wildman–Crippen MR) is 74.5 cm³/mol. The minimum absolute atomic E-state index is 0.0322. The minimum atomic E-state index is -0.377. The van der Waals surface area contributed by atoms with Gasteiger partial charge in [0.25, 0.3) is 5.69 Å². The molecule has 1 aromatic carbocycles. The molecule has 6 nitrogen and oxygen atoms in total.